The monoisotopic (exact) mass is 432 g/mol. The Morgan fingerprint density at radius 1 is 1.10 bits per heavy atom. The molecule has 0 heterocycles. The summed E-state index contributed by atoms with van der Waals surface area (Å²) in [7, 11) is -2.49. The van der Waals surface area contributed by atoms with E-state index in [2.05, 4.69) is 5.32 Å². The van der Waals surface area contributed by atoms with Crippen molar-refractivity contribution in [3.63, 3.8) is 0 Å². The average molecular weight is 432 g/mol. The van der Waals surface area contributed by atoms with Crippen LogP contribution in [-0.4, -0.2) is 45.4 Å². The maximum absolute atomic E-state index is 12.6. The number of hydrogen-bond acceptors (Lipinski definition) is 5. The van der Waals surface area contributed by atoms with E-state index < -0.39 is 40.3 Å². The number of carbonyl (C=O) groups is 1. The Balaban J connectivity index is 2.17. The Labute approximate surface area is 165 Å². The first kappa shape index (κ1) is 22.5. The number of ether oxygens (including phenoxy) is 1. The van der Waals surface area contributed by atoms with Gasteiger partial charge in [0, 0.05) is 7.05 Å². The fourth-order valence-corrected chi connectivity index (χ4v) is 3.28. The second kappa shape index (κ2) is 8.70. The highest BCUT2D eigenvalue weighted by molar-refractivity contribution is 7.92. The number of nitrogens with zero attached hydrogens (tertiary/aromatic N) is 1. The molecule has 1 amide bonds. The molecule has 2 N–H and O–H groups in total. The minimum absolute atomic E-state index is 0.167. The number of alkyl halides is 3. The van der Waals surface area contributed by atoms with Crippen LogP contribution < -0.4 is 14.4 Å². The van der Waals surface area contributed by atoms with E-state index in [9.17, 15) is 31.5 Å². The summed E-state index contributed by atoms with van der Waals surface area (Å²) in [6.45, 7) is -0.488. The van der Waals surface area contributed by atoms with Gasteiger partial charge in [-0.25, -0.2) is 8.42 Å². The largest absolute Gasteiger partial charge is 0.457 e. The first-order valence-corrected chi connectivity index (χ1v) is 10.1. The van der Waals surface area contributed by atoms with Crippen LogP contribution in [0.2, 0.25) is 0 Å². The van der Waals surface area contributed by atoms with Gasteiger partial charge in [-0.1, -0.05) is 0 Å². The first-order valence-electron chi connectivity index (χ1n) is 8.24. The Hall–Kier alpha value is -2.79. The smallest absolute Gasteiger partial charge is 0.416 e. The van der Waals surface area contributed by atoms with E-state index in [0.29, 0.717) is 0 Å². The highest BCUT2D eigenvalue weighted by Gasteiger charge is 2.30. The number of rotatable bonds is 7. The number of anilines is 1. The van der Waals surface area contributed by atoms with Crippen molar-refractivity contribution in [1.29, 1.82) is 0 Å². The molecule has 2 aromatic carbocycles. The van der Waals surface area contributed by atoms with Gasteiger partial charge in [-0.05, 0) is 48.5 Å². The highest BCUT2D eigenvalue weighted by Crippen LogP contribution is 2.32. The predicted octanol–water partition coefficient (Wildman–Crippen LogP) is 2.37. The van der Waals surface area contributed by atoms with Gasteiger partial charge in [0.05, 0.1) is 24.1 Å². The van der Waals surface area contributed by atoms with Crippen LogP contribution in [0.5, 0.6) is 11.5 Å². The van der Waals surface area contributed by atoms with E-state index in [1.807, 2.05) is 0 Å². The second-order valence-corrected chi connectivity index (χ2v) is 7.95. The molecule has 2 rings (SSSR count). The van der Waals surface area contributed by atoms with Gasteiger partial charge < -0.3 is 15.2 Å². The number of carbonyl (C=O) groups excluding carboxylic acids is 1. The molecule has 0 fully saturated rings. The molecule has 0 bridgehead atoms. The third kappa shape index (κ3) is 6.09. The fourth-order valence-electron chi connectivity index (χ4n) is 2.37. The molecule has 0 spiro atoms. The number of likely N-dealkylation sites (N-methyl/N-ethyl adjacent to an activating group) is 1. The number of hydrogen-bond donors (Lipinski definition) is 2. The molecule has 1 atom stereocenters. The van der Waals surface area contributed by atoms with E-state index >= 15 is 0 Å². The summed E-state index contributed by atoms with van der Waals surface area (Å²) in [5.41, 5.74) is -0.631. The van der Waals surface area contributed by atoms with Gasteiger partial charge in [-0.15, -0.1) is 0 Å². The van der Waals surface area contributed by atoms with Crippen molar-refractivity contribution in [3.8, 4) is 11.5 Å². The minimum atomic E-state index is -4.45. The van der Waals surface area contributed by atoms with E-state index in [1.54, 1.807) is 0 Å². The first-order chi connectivity index (χ1) is 13.4. The van der Waals surface area contributed by atoms with Crippen molar-refractivity contribution in [2.45, 2.75) is 12.3 Å². The molecule has 0 unspecified atom stereocenters. The number of nitrogens with one attached hydrogen (secondary N) is 1. The molecule has 0 saturated carbocycles. The molecule has 0 aliphatic heterocycles. The Morgan fingerprint density at radius 2 is 1.59 bits per heavy atom. The van der Waals surface area contributed by atoms with Crippen LogP contribution in [-0.2, 0) is 21.0 Å². The summed E-state index contributed by atoms with van der Waals surface area (Å²) in [5, 5.41) is 12.0. The van der Waals surface area contributed by atoms with Gasteiger partial charge in [0.1, 0.15) is 11.5 Å². The van der Waals surface area contributed by atoms with Crippen LogP contribution in [0.3, 0.4) is 0 Å². The van der Waals surface area contributed by atoms with Crippen LogP contribution >= 0.6 is 0 Å². The van der Waals surface area contributed by atoms with E-state index in [-0.39, 0.29) is 17.2 Å². The summed E-state index contributed by atoms with van der Waals surface area (Å²) in [5.74, 6) is -0.310. The third-order valence-electron chi connectivity index (χ3n) is 3.83. The van der Waals surface area contributed by atoms with E-state index in [0.717, 1.165) is 22.7 Å². The zero-order valence-corrected chi connectivity index (χ0v) is 16.3. The molecule has 0 aliphatic carbocycles. The molecule has 0 aliphatic rings. The quantitative estimate of drug-likeness (QED) is 0.701. The maximum atomic E-state index is 12.6. The fraction of sp³-hybridized carbons (Fsp3) is 0.278. The molecule has 11 heteroatoms. The molecule has 2 aromatic rings. The summed E-state index contributed by atoms with van der Waals surface area (Å²) in [6, 6.07) is 9.70. The SMILES string of the molecule is CNC(=O)[C@@H](O)CN(c1ccc(Oc2ccc(C(F)(F)F)cc2)cc1)S(C)(=O)=O. The topological polar surface area (TPSA) is 95.9 Å². The number of aliphatic hydroxyl groups is 1. The molecular weight excluding hydrogens is 413 g/mol. The number of aliphatic hydroxyl groups excluding tert-OH is 1. The van der Waals surface area contributed by atoms with Crippen molar-refractivity contribution in [2.75, 3.05) is 24.2 Å². The van der Waals surface area contributed by atoms with Crippen molar-refractivity contribution in [3.05, 3.63) is 54.1 Å². The lowest BCUT2D eigenvalue weighted by Gasteiger charge is -2.24. The van der Waals surface area contributed by atoms with Crippen LogP contribution in [0, 0.1) is 0 Å². The lowest BCUT2D eigenvalue weighted by Crippen LogP contribution is -2.43. The zero-order chi connectivity index (χ0) is 21.8. The molecule has 7 nitrogen and oxygen atoms in total. The van der Waals surface area contributed by atoms with Crippen LogP contribution in [0.4, 0.5) is 18.9 Å². The number of amides is 1. The molecule has 0 aromatic heterocycles. The Bertz CT molecular complexity index is 945. The summed E-state index contributed by atoms with van der Waals surface area (Å²) < 4.78 is 68.1. The van der Waals surface area contributed by atoms with E-state index in [4.69, 9.17) is 4.74 Å². The van der Waals surface area contributed by atoms with Crippen molar-refractivity contribution in [2.24, 2.45) is 0 Å². The van der Waals surface area contributed by atoms with Crippen molar-refractivity contribution in [1.82, 2.24) is 5.32 Å². The second-order valence-electron chi connectivity index (χ2n) is 6.04. The molecule has 0 radical (unpaired) electrons. The summed E-state index contributed by atoms with van der Waals surface area (Å²) in [6.07, 6.45) is -5.09. The summed E-state index contributed by atoms with van der Waals surface area (Å²) >= 11 is 0. The van der Waals surface area contributed by atoms with Crippen molar-refractivity contribution < 1.29 is 36.2 Å². The summed E-state index contributed by atoms with van der Waals surface area (Å²) in [4.78, 5) is 11.5. The number of benzene rings is 2. The van der Waals surface area contributed by atoms with Crippen LogP contribution in [0.1, 0.15) is 5.56 Å². The van der Waals surface area contributed by atoms with Gasteiger partial charge in [0.15, 0.2) is 6.10 Å². The third-order valence-corrected chi connectivity index (χ3v) is 4.99. The van der Waals surface area contributed by atoms with Crippen LogP contribution in [0.25, 0.3) is 0 Å². The molecular formula is C18H19F3N2O5S. The molecule has 29 heavy (non-hydrogen) atoms. The maximum Gasteiger partial charge on any atom is 0.416 e. The lowest BCUT2D eigenvalue weighted by atomic mass is 10.2. The van der Waals surface area contributed by atoms with Gasteiger partial charge in [0.2, 0.25) is 15.9 Å². The average Bonchev–Trinajstić information content (AvgIpc) is 2.65. The zero-order valence-electron chi connectivity index (χ0n) is 15.5. The Kier molecular flexibility index (Phi) is 6.75. The lowest BCUT2D eigenvalue weighted by molar-refractivity contribution is -0.137. The number of sulfonamides is 1. The number of halogens is 3. The predicted molar refractivity (Wildman–Crippen MR) is 100 cm³/mol. The highest BCUT2D eigenvalue weighted by atomic mass is 32.2. The van der Waals surface area contributed by atoms with E-state index in [1.165, 1.54) is 43.4 Å². The van der Waals surface area contributed by atoms with Crippen molar-refractivity contribution >= 4 is 21.6 Å². The van der Waals surface area contributed by atoms with Gasteiger partial charge in [-0.2, -0.15) is 13.2 Å². The Morgan fingerprint density at radius 3 is 2.00 bits per heavy atom. The van der Waals surface area contributed by atoms with Gasteiger partial charge in [0.25, 0.3) is 0 Å². The normalized spacial score (nSPS) is 12.9. The standard InChI is InChI=1S/C18H19F3N2O5S/c1-22-17(25)16(24)11-23(29(2,26)27)13-5-9-15(10-6-13)28-14-7-3-12(4-8-14)18(19,20)21/h3-10,16,24H,11H2,1-2H3,(H,22,25)/t16-/m0/s1. The molecule has 0 saturated heterocycles. The minimum Gasteiger partial charge on any atom is -0.457 e. The van der Waals surface area contributed by atoms with Crippen LogP contribution in [0.15, 0.2) is 48.5 Å². The van der Waals surface area contributed by atoms with Gasteiger partial charge in [-0.3, -0.25) is 9.10 Å². The molecule has 158 valence electrons. The van der Waals surface area contributed by atoms with Gasteiger partial charge >= 0.3 is 6.18 Å².